The van der Waals surface area contributed by atoms with Gasteiger partial charge in [0.15, 0.2) is 0 Å². The third kappa shape index (κ3) is 1.65. The van der Waals surface area contributed by atoms with Crippen LogP contribution < -0.4 is 10.6 Å². The minimum absolute atomic E-state index is 0.418. The number of nitrogens with zero attached hydrogens (tertiary/aromatic N) is 2. The van der Waals surface area contributed by atoms with Crippen LogP contribution in [0.25, 0.3) is 0 Å². The van der Waals surface area contributed by atoms with Gasteiger partial charge in [-0.3, -0.25) is 0 Å². The molecule has 0 amide bonds. The maximum Gasteiger partial charge on any atom is 0.123 e. The molecule has 4 nitrogen and oxygen atoms in total. The zero-order valence-electron chi connectivity index (χ0n) is 8.60. The molecule has 2 fully saturated rings. The molecule has 4 heteroatoms. The number of aromatic nitrogens is 1. The molecule has 15 heavy (non-hydrogen) atoms. The number of nitrogen functional groups attached to an aromatic ring is 1. The van der Waals surface area contributed by atoms with E-state index in [-0.39, 0.29) is 0 Å². The molecule has 0 unspecified atom stereocenters. The van der Waals surface area contributed by atoms with Gasteiger partial charge in [0.2, 0.25) is 0 Å². The van der Waals surface area contributed by atoms with Crippen molar-refractivity contribution in [1.82, 2.24) is 4.98 Å². The Morgan fingerprint density at radius 2 is 2.00 bits per heavy atom. The number of rotatable bonds is 1. The Labute approximate surface area is 89.0 Å². The fourth-order valence-corrected chi connectivity index (χ4v) is 2.41. The lowest BCUT2D eigenvalue weighted by molar-refractivity contribution is 0.0305. The van der Waals surface area contributed by atoms with E-state index >= 15 is 0 Å². The summed E-state index contributed by atoms with van der Waals surface area (Å²) in [5.41, 5.74) is 6.73. The molecule has 2 atom stereocenters. The number of nitrogens with two attached hydrogens (primary N) is 1. The first-order chi connectivity index (χ1) is 7.31. The summed E-state index contributed by atoms with van der Waals surface area (Å²) in [6.45, 7) is 1.98. The molecule has 3 heterocycles. The van der Waals surface area contributed by atoms with E-state index in [0.29, 0.717) is 18.0 Å². The molecule has 1 aromatic heterocycles. The zero-order chi connectivity index (χ0) is 10.3. The fraction of sp³-hybridized carbons (Fsp3) is 0.545. The molecular weight excluding hydrogens is 190 g/mol. The SMILES string of the molecule is Nc1ccc(N2C[C@H]3CC[C@@H](C2)O3)cn1. The molecule has 80 valence electrons. The number of anilines is 2. The lowest BCUT2D eigenvalue weighted by Crippen LogP contribution is -2.42. The molecule has 2 saturated heterocycles. The summed E-state index contributed by atoms with van der Waals surface area (Å²) in [6, 6.07) is 3.89. The van der Waals surface area contributed by atoms with Crippen LogP contribution in [0.5, 0.6) is 0 Å². The van der Waals surface area contributed by atoms with Crippen LogP contribution in [0.4, 0.5) is 11.5 Å². The summed E-state index contributed by atoms with van der Waals surface area (Å²) in [7, 11) is 0. The van der Waals surface area contributed by atoms with E-state index in [4.69, 9.17) is 10.5 Å². The molecule has 0 radical (unpaired) electrons. The van der Waals surface area contributed by atoms with Crippen molar-refractivity contribution in [3.63, 3.8) is 0 Å². The van der Waals surface area contributed by atoms with Crippen LogP contribution in [0.2, 0.25) is 0 Å². The van der Waals surface area contributed by atoms with Gasteiger partial charge in [-0.25, -0.2) is 4.98 Å². The number of hydrogen-bond acceptors (Lipinski definition) is 4. The second kappa shape index (κ2) is 3.38. The monoisotopic (exact) mass is 205 g/mol. The van der Waals surface area contributed by atoms with Gasteiger partial charge in [-0.15, -0.1) is 0 Å². The van der Waals surface area contributed by atoms with Crippen molar-refractivity contribution in [2.75, 3.05) is 23.7 Å². The zero-order valence-corrected chi connectivity index (χ0v) is 8.60. The number of fused-ring (bicyclic) bond motifs is 2. The largest absolute Gasteiger partial charge is 0.384 e. The van der Waals surface area contributed by atoms with Crippen molar-refractivity contribution in [3.8, 4) is 0 Å². The minimum atomic E-state index is 0.418. The van der Waals surface area contributed by atoms with Gasteiger partial charge in [0, 0.05) is 13.1 Å². The summed E-state index contributed by atoms with van der Waals surface area (Å²) in [6.07, 6.45) is 5.08. The predicted octanol–water partition coefficient (Wildman–Crippen LogP) is 1.03. The highest BCUT2D eigenvalue weighted by Crippen LogP contribution is 2.29. The smallest absolute Gasteiger partial charge is 0.123 e. The third-order valence-corrected chi connectivity index (χ3v) is 3.18. The molecule has 2 bridgehead atoms. The number of hydrogen-bond donors (Lipinski definition) is 1. The number of morpholine rings is 1. The van der Waals surface area contributed by atoms with Gasteiger partial charge in [-0.2, -0.15) is 0 Å². The van der Waals surface area contributed by atoms with E-state index in [2.05, 4.69) is 9.88 Å². The van der Waals surface area contributed by atoms with Crippen LogP contribution in [0, 0.1) is 0 Å². The molecular formula is C11H15N3O. The maximum atomic E-state index is 5.79. The van der Waals surface area contributed by atoms with E-state index < -0.39 is 0 Å². The second-order valence-electron chi connectivity index (χ2n) is 4.30. The first kappa shape index (κ1) is 8.97. The predicted molar refractivity (Wildman–Crippen MR) is 58.8 cm³/mol. The summed E-state index contributed by atoms with van der Waals surface area (Å²) in [5, 5.41) is 0. The highest BCUT2D eigenvalue weighted by atomic mass is 16.5. The lowest BCUT2D eigenvalue weighted by atomic mass is 10.2. The Morgan fingerprint density at radius 3 is 2.60 bits per heavy atom. The molecule has 3 rings (SSSR count). The maximum absolute atomic E-state index is 5.79. The van der Waals surface area contributed by atoms with Gasteiger partial charge in [0.1, 0.15) is 5.82 Å². The van der Waals surface area contributed by atoms with E-state index in [9.17, 15) is 0 Å². The number of pyridine rings is 1. The first-order valence-electron chi connectivity index (χ1n) is 5.43. The van der Waals surface area contributed by atoms with E-state index in [1.54, 1.807) is 0 Å². The molecule has 0 aliphatic carbocycles. The summed E-state index contributed by atoms with van der Waals surface area (Å²) in [4.78, 5) is 6.47. The van der Waals surface area contributed by atoms with Crippen LogP contribution >= 0.6 is 0 Å². The van der Waals surface area contributed by atoms with Gasteiger partial charge in [0.05, 0.1) is 24.1 Å². The van der Waals surface area contributed by atoms with E-state index in [1.807, 2.05) is 18.3 Å². The average Bonchev–Trinajstić information content (AvgIpc) is 2.59. The van der Waals surface area contributed by atoms with Gasteiger partial charge in [-0.1, -0.05) is 0 Å². The highest BCUT2D eigenvalue weighted by Gasteiger charge is 2.33. The van der Waals surface area contributed by atoms with Gasteiger partial charge >= 0.3 is 0 Å². The molecule has 0 aromatic carbocycles. The molecule has 2 aliphatic heterocycles. The first-order valence-corrected chi connectivity index (χ1v) is 5.43. The molecule has 1 aromatic rings. The average molecular weight is 205 g/mol. The summed E-state index contributed by atoms with van der Waals surface area (Å²) in [5.74, 6) is 0.579. The Hall–Kier alpha value is -1.29. The Bertz CT molecular complexity index is 339. The van der Waals surface area contributed by atoms with Crippen molar-refractivity contribution in [2.45, 2.75) is 25.0 Å². The number of ether oxygens (including phenoxy) is 1. The van der Waals surface area contributed by atoms with Crippen LogP contribution in [0.15, 0.2) is 18.3 Å². The van der Waals surface area contributed by atoms with Crippen LogP contribution in [0.1, 0.15) is 12.8 Å². The van der Waals surface area contributed by atoms with E-state index in [0.717, 1.165) is 18.8 Å². The molecule has 0 spiro atoms. The van der Waals surface area contributed by atoms with E-state index in [1.165, 1.54) is 12.8 Å². The van der Waals surface area contributed by atoms with Crippen LogP contribution in [-0.2, 0) is 4.74 Å². The van der Waals surface area contributed by atoms with Crippen molar-refractivity contribution >= 4 is 11.5 Å². The van der Waals surface area contributed by atoms with Crippen LogP contribution in [-0.4, -0.2) is 30.3 Å². The Balaban J connectivity index is 1.80. The third-order valence-electron chi connectivity index (χ3n) is 3.18. The molecule has 0 saturated carbocycles. The lowest BCUT2D eigenvalue weighted by Gasteiger charge is -2.33. The van der Waals surface area contributed by atoms with Crippen molar-refractivity contribution < 1.29 is 4.74 Å². The van der Waals surface area contributed by atoms with Crippen molar-refractivity contribution in [3.05, 3.63) is 18.3 Å². The Kier molecular flexibility index (Phi) is 2.02. The normalized spacial score (nSPS) is 29.5. The fourth-order valence-electron chi connectivity index (χ4n) is 2.41. The quantitative estimate of drug-likeness (QED) is 0.744. The van der Waals surface area contributed by atoms with Crippen molar-refractivity contribution in [2.24, 2.45) is 0 Å². The minimum Gasteiger partial charge on any atom is -0.384 e. The van der Waals surface area contributed by atoms with Gasteiger partial charge < -0.3 is 15.4 Å². The van der Waals surface area contributed by atoms with Gasteiger partial charge in [-0.05, 0) is 25.0 Å². The van der Waals surface area contributed by atoms with Gasteiger partial charge in [0.25, 0.3) is 0 Å². The molecule has 2 N–H and O–H groups in total. The van der Waals surface area contributed by atoms with Crippen LogP contribution in [0.3, 0.4) is 0 Å². The highest BCUT2D eigenvalue weighted by molar-refractivity contribution is 5.48. The van der Waals surface area contributed by atoms with Crippen molar-refractivity contribution in [1.29, 1.82) is 0 Å². The standard InChI is InChI=1S/C11H15N3O/c12-11-4-1-8(5-13-11)14-6-9-2-3-10(7-14)15-9/h1,4-5,9-10H,2-3,6-7H2,(H2,12,13)/t9-,10+. The molecule has 2 aliphatic rings. The topological polar surface area (TPSA) is 51.4 Å². The second-order valence-corrected chi connectivity index (χ2v) is 4.30. The summed E-state index contributed by atoms with van der Waals surface area (Å²) >= 11 is 0. The Morgan fingerprint density at radius 1 is 1.27 bits per heavy atom. The summed E-state index contributed by atoms with van der Waals surface area (Å²) < 4.78 is 5.79.